The molecule has 82 valence electrons. The van der Waals surface area contributed by atoms with E-state index in [1.54, 1.807) is 0 Å². The summed E-state index contributed by atoms with van der Waals surface area (Å²) < 4.78 is 6.51. The number of nitrogens with zero attached hydrogens (tertiary/aromatic N) is 1. The third kappa shape index (κ3) is 1.68. The van der Waals surface area contributed by atoms with E-state index in [1.807, 2.05) is 24.3 Å². The second-order valence-electron chi connectivity index (χ2n) is 3.87. The number of benzene rings is 1. The summed E-state index contributed by atoms with van der Waals surface area (Å²) in [6.45, 7) is 1.84. The fraction of sp³-hybridized carbons (Fsp3) is 0.250. The van der Waals surface area contributed by atoms with E-state index in [4.69, 9.17) is 4.52 Å². The molecule has 0 saturated heterocycles. The second-order valence-corrected chi connectivity index (χ2v) is 4.79. The van der Waals surface area contributed by atoms with Gasteiger partial charge in [-0.15, -0.1) is 0 Å². The first-order valence-corrected chi connectivity index (χ1v) is 6.08. The van der Waals surface area contributed by atoms with E-state index in [1.165, 1.54) is 5.56 Å². The predicted octanol–water partition coefficient (Wildman–Crippen LogP) is 2.75. The Labute approximate surface area is 102 Å². The van der Waals surface area contributed by atoms with Gasteiger partial charge in [0.25, 0.3) is 0 Å². The number of halogens is 1. The van der Waals surface area contributed by atoms with Crippen LogP contribution in [0.4, 0.5) is 0 Å². The van der Waals surface area contributed by atoms with Crippen LogP contribution in [0.5, 0.6) is 0 Å². The molecule has 0 radical (unpaired) electrons. The van der Waals surface area contributed by atoms with Gasteiger partial charge in [-0.05, 0) is 12.1 Å². The Morgan fingerprint density at radius 1 is 1.25 bits per heavy atom. The van der Waals surface area contributed by atoms with Gasteiger partial charge in [-0.25, -0.2) is 0 Å². The smallest absolute Gasteiger partial charge is 0.171 e. The molecule has 1 aliphatic heterocycles. The monoisotopic (exact) mass is 278 g/mol. The molecule has 0 spiro atoms. The average molecular weight is 279 g/mol. The lowest BCUT2D eigenvalue weighted by Gasteiger charge is -2.11. The SMILES string of the molecule is Brc1ccc(-c2onc3c2CNCC3)cc1. The van der Waals surface area contributed by atoms with Crippen molar-refractivity contribution in [2.45, 2.75) is 13.0 Å². The molecule has 1 aromatic heterocycles. The molecule has 0 atom stereocenters. The van der Waals surface area contributed by atoms with Crippen LogP contribution in [0.25, 0.3) is 11.3 Å². The number of fused-ring (bicyclic) bond motifs is 1. The first kappa shape index (κ1) is 10.1. The van der Waals surface area contributed by atoms with Crippen molar-refractivity contribution in [1.29, 1.82) is 0 Å². The molecule has 0 fully saturated rings. The number of nitrogens with one attached hydrogen (secondary N) is 1. The zero-order valence-electron chi connectivity index (χ0n) is 8.66. The first-order valence-electron chi connectivity index (χ1n) is 5.28. The van der Waals surface area contributed by atoms with Gasteiger partial charge in [0.2, 0.25) is 0 Å². The molecule has 3 rings (SSSR count). The number of aromatic nitrogens is 1. The zero-order valence-corrected chi connectivity index (χ0v) is 10.3. The summed E-state index contributed by atoms with van der Waals surface area (Å²) in [5, 5.41) is 7.47. The van der Waals surface area contributed by atoms with Crippen LogP contribution < -0.4 is 5.32 Å². The predicted molar refractivity (Wildman–Crippen MR) is 65.0 cm³/mol. The summed E-state index contributed by atoms with van der Waals surface area (Å²) in [6.07, 6.45) is 0.954. The molecule has 0 amide bonds. The minimum atomic E-state index is 0.851. The largest absolute Gasteiger partial charge is 0.356 e. The molecule has 1 N–H and O–H groups in total. The molecule has 1 aromatic carbocycles. The summed E-state index contributed by atoms with van der Waals surface area (Å²) in [4.78, 5) is 0. The highest BCUT2D eigenvalue weighted by Gasteiger charge is 2.19. The van der Waals surface area contributed by atoms with Crippen molar-refractivity contribution in [1.82, 2.24) is 10.5 Å². The summed E-state index contributed by atoms with van der Waals surface area (Å²) in [5.41, 5.74) is 3.38. The van der Waals surface area contributed by atoms with E-state index in [0.29, 0.717) is 0 Å². The highest BCUT2D eigenvalue weighted by atomic mass is 79.9. The van der Waals surface area contributed by atoms with Gasteiger partial charge >= 0.3 is 0 Å². The molecule has 2 aromatic rings. The lowest BCUT2D eigenvalue weighted by Crippen LogP contribution is -2.23. The Morgan fingerprint density at radius 3 is 2.88 bits per heavy atom. The lowest BCUT2D eigenvalue weighted by molar-refractivity contribution is 0.423. The van der Waals surface area contributed by atoms with Crippen LogP contribution in [0.1, 0.15) is 11.3 Å². The van der Waals surface area contributed by atoms with Gasteiger partial charge < -0.3 is 9.84 Å². The highest BCUT2D eigenvalue weighted by molar-refractivity contribution is 9.10. The van der Waals surface area contributed by atoms with Gasteiger partial charge in [-0.2, -0.15) is 0 Å². The van der Waals surface area contributed by atoms with Gasteiger partial charge in [0.05, 0.1) is 5.69 Å². The van der Waals surface area contributed by atoms with E-state index < -0.39 is 0 Å². The molecule has 0 unspecified atom stereocenters. The van der Waals surface area contributed by atoms with Gasteiger partial charge in [0, 0.05) is 35.1 Å². The van der Waals surface area contributed by atoms with Gasteiger partial charge in [0.15, 0.2) is 5.76 Å². The topological polar surface area (TPSA) is 38.1 Å². The fourth-order valence-corrected chi connectivity index (χ4v) is 2.23. The minimum absolute atomic E-state index is 0.851. The maximum atomic E-state index is 5.44. The molecule has 2 heterocycles. The summed E-state index contributed by atoms with van der Waals surface area (Å²) in [7, 11) is 0. The van der Waals surface area contributed by atoms with E-state index in [9.17, 15) is 0 Å². The maximum Gasteiger partial charge on any atom is 0.171 e. The number of hydrogen-bond acceptors (Lipinski definition) is 3. The van der Waals surface area contributed by atoms with Crippen molar-refractivity contribution in [2.75, 3.05) is 6.54 Å². The Morgan fingerprint density at radius 2 is 2.06 bits per heavy atom. The third-order valence-corrected chi connectivity index (χ3v) is 3.34. The van der Waals surface area contributed by atoms with Crippen molar-refractivity contribution in [3.8, 4) is 11.3 Å². The lowest BCUT2D eigenvalue weighted by atomic mass is 10.0. The van der Waals surface area contributed by atoms with Crippen LogP contribution in [0, 0.1) is 0 Å². The molecule has 3 nitrogen and oxygen atoms in total. The van der Waals surface area contributed by atoms with E-state index in [-0.39, 0.29) is 0 Å². The Kier molecular flexibility index (Phi) is 2.53. The first-order chi connectivity index (χ1) is 7.84. The summed E-state index contributed by atoms with van der Waals surface area (Å²) in [5.74, 6) is 0.898. The number of rotatable bonds is 1. The molecule has 0 aliphatic carbocycles. The fourth-order valence-electron chi connectivity index (χ4n) is 1.97. The molecular formula is C12H11BrN2O. The standard InChI is InChI=1S/C12H11BrN2O/c13-9-3-1-8(2-4-9)12-10-7-14-6-5-11(10)15-16-12/h1-4,14H,5-7H2. The maximum absolute atomic E-state index is 5.44. The molecule has 0 bridgehead atoms. The molecule has 4 heteroatoms. The van der Waals surface area contributed by atoms with Crippen molar-refractivity contribution >= 4 is 15.9 Å². The Balaban J connectivity index is 2.06. The zero-order chi connectivity index (χ0) is 11.0. The average Bonchev–Trinajstić information content (AvgIpc) is 2.74. The van der Waals surface area contributed by atoms with Crippen LogP contribution in [0.15, 0.2) is 33.3 Å². The van der Waals surface area contributed by atoms with E-state index >= 15 is 0 Å². The molecule has 16 heavy (non-hydrogen) atoms. The van der Waals surface area contributed by atoms with Crippen molar-refractivity contribution in [2.24, 2.45) is 0 Å². The normalized spacial score (nSPS) is 14.8. The van der Waals surface area contributed by atoms with Crippen LogP contribution >= 0.6 is 15.9 Å². The third-order valence-electron chi connectivity index (χ3n) is 2.82. The summed E-state index contributed by atoms with van der Waals surface area (Å²) in [6, 6.07) is 8.11. The second kappa shape index (κ2) is 4.03. The number of hydrogen-bond donors (Lipinski definition) is 1. The van der Waals surface area contributed by atoms with Crippen molar-refractivity contribution < 1.29 is 4.52 Å². The Hall–Kier alpha value is -1.13. The van der Waals surface area contributed by atoms with Crippen LogP contribution in [0.2, 0.25) is 0 Å². The van der Waals surface area contributed by atoms with Gasteiger partial charge in [0.1, 0.15) is 0 Å². The van der Waals surface area contributed by atoms with Crippen molar-refractivity contribution in [3.63, 3.8) is 0 Å². The van der Waals surface area contributed by atoms with E-state index in [0.717, 1.165) is 41.0 Å². The minimum Gasteiger partial charge on any atom is -0.356 e. The van der Waals surface area contributed by atoms with Crippen LogP contribution in [0.3, 0.4) is 0 Å². The van der Waals surface area contributed by atoms with Crippen LogP contribution in [-0.4, -0.2) is 11.7 Å². The molecule has 0 saturated carbocycles. The summed E-state index contributed by atoms with van der Waals surface area (Å²) >= 11 is 3.43. The van der Waals surface area contributed by atoms with Crippen LogP contribution in [-0.2, 0) is 13.0 Å². The quantitative estimate of drug-likeness (QED) is 0.872. The molecule has 1 aliphatic rings. The van der Waals surface area contributed by atoms with Crippen molar-refractivity contribution in [3.05, 3.63) is 40.0 Å². The van der Waals surface area contributed by atoms with E-state index in [2.05, 4.69) is 26.4 Å². The highest BCUT2D eigenvalue weighted by Crippen LogP contribution is 2.28. The molecular weight excluding hydrogens is 268 g/mol. The van der Waals surface area contributed by atoms with Gasteiger partial charge in [-0.3, -0.25) is 0 Å². The van der Waals surface area contributed by atoms with Gasteiger partial charge in [-0.1, -0.05) is 33.2 Å². The Bertz CT molecular complexity index is 504.